The molecule has 110 valence electrons. The minimum atomic E-state index is -0.407. The van der Waals surface area contributed by atoms with E-state index in [2.05, 4.69) is 6.58 Å². The number of rotatable bonds is 8. The molecular weight excluding hydrogens is 258 g/mol. The van der Waals surface area contributed by atoms with Crippen molar-refractivity contribution in [2.45, 2.75) is 39.5 Å². The molecule has 0 saturated heterocycles. The fourth-order valence-electron chi connectivity index (χ4n) is 1.98. The second-order valence-electron chi connectivity index (χ2n) is 4.80. The van der Waals surface area contributed by atoms with Crippen LogP contribution in [0.15, 0.2) is 23.8 Å². The van der Waals surface area contributed by atoms with Gasteiger partial charge in [0.05, 0.1) is 6.61 Å². The highest BCUT2D eigenvalue weighted by Gasteiger charge is 2.32. The number of hydrogen-bond acceptors (Lipinski definition) is 4. The first-order valence-electron chi connectivity index (χ1n) is 6.82. The lowest BCUT2D eigenvalue weighted by Crippen LogP contribution is -2.32. The number of ether oxygens (including phenoxy) is 1. The van der Waals surface area contributed by atoms with Crippen LogP contribution in [0.25, 0.3) is 0 Å². The van der Waals surface area contributed by atoms with Crippen LogP contribution < -0.4 is 0 Å². The molecule has 0 spiro atoms. The Morgan fingerprint density at radius 2 is 1.65 bits per heavy atom. The van der Waals surface area contributed by atoms with Crippen LogP contribution in [0.1, 0.15) is 39.5 Å². The zero-order valence-electron chi connectivity index (χ0n) is 12.1. The zero-order chi connectivity index (χ0) is 15.1. The van der Waals surface area contributed by atoms with Gasteiger partial charge in [-0.1, -0.05) is 13.0 Å². The summed E-state index contributed by atoms with van der Waals surface area (Å²) in [4.78, 5) is 35.7. The van der Waals surface area contributed by atoms with Crippen LogP contribution in [0.5, 0.6) is 0 Å². The van der Waals surface area contributed by atoms with Crippen LogP contribution in [0.2, 0.25) is 0 Å². The summed E-state index contributed by atoms with van der Waals surface area (Å²) >= 11 is 0. The second kappa shape index (κ2) is 7.62. The van der Waals surface area contributed by atoms with Gasteiger partial charge in [0.1, 0.15) is 0 Å². The van der Waals surface area contributed by atoms with Gasteiger partial charge in [-0.2, -0.15) is 0 Å². The Morgan fingerprint density at radius 1 is 1.10 bits per heavy atom. The third kappa shape index (κ3) is 4.05. The normalized spacial score (nSPS) is 15.0. The zero-order valence-corrected chi connectivity index (χ0v) is 12.1. The Bertz CT molecular complexity index is 427. The molecule has 0 aromatic carbocycles. The van der Waals surface area contributed by atoms with Gasteiger partial charge in [-0.05, 0) is 33.1 Å². The molecule has 20 heavy (non-hydrogen) atoms. The maximum atomic E-state index is 11.8. The van der Waals surface area contributed by atoms with Gasteiger partial charge >= 0.3 is 5.97 Å². The summed E-state index contributed by atoms with van der Waals surface area (Å²) in [6.45, 7) is 7.52. The maximum Gasteiger partial charge on any atom is 0.330 e. The van der Waals surface area contributed by atoms with E-state index in [1.165, 1.54) is 4.90 Å². The molecule has 2 amide bonds. The molecular formula is C15H21NO4. The molecule has 1 heterocycles. The van der Waals surface area contributed by atoms with Gasteiger partial charge in [-0.25, -0.2) is 4.79 Å². The Balaban J connectivity index is 2.14. The molecule has 0 radical (unpaired) electrons. The van der Waals surface area contributed by atoms with Crippen molar-refractivity contribution in [2.75, 3.05) is 13.2 Å². The Kier molecular flexibility index (Phi) is 6.15. The van der Waals surface area contributed by atoms with Crippen molar-refractivity contribution in [3.05, 3.63) is 23.8 Å². The largest absolute Gasteiger partial charge is 0.463 e. The standard InChI is InChI=1S/C15H21NO4/c1-4-13(17)20-10-8-6-5-7-9-16-14(18)11(2)12(3)15(16)19/h4H,1,5-10H2,2-3H3. The summed E-state index contributed by atoms with van der Waals surface area (Å²) in [5.41, 5.74) is 1.10. The van der Waals surface area contributed by atoms with E-state index in [4.69, 9.17) is 4.74 Å². The molecule has 0 unspecified atom stereocenters. The van der Waals surface area contributed by atoms with Gasteiger partial charge < -0.3 is 4.74 Å². The number of carbonyl (C=O) groups excluding carboxylic acids is 3. The molecule has 1 rings (SSSR count). The monoisotopic (exact) mass is 279 g/mol. The van der Waals surface area contributed by atoms with Crippen LogP contribution in [0.4, 0.5) is 0 Å². The summed E-state index contributed by atoms with van der Waals surface area (Å²) in [6, 6.07) is 0. The molecule has 0 saturated carbocycles. The first kappa shape index (κ1) is 16.1. The van der Waals surface area contributed by atoms with Crippen molar-refractivity contribution in [1.29, 1.82) is 0 Å². The molecule has 5 nitrogen and oxygen atoms in total. The van der Waals surface area contributed by atoms with Crippen molar-refractivity contribution in [3.8, 4) is 0 Å². The Morgan fingerprint density at radius 3 is 2.20 bits per heavy atom. The van der Waals surface area contributed by atoms with E-state index in [0.717, 1.165) is 31.8 Å². The fraction of sp³-hybridized carbons (Fsp3) is 0.533. The van der Waals surface area contributed by atoms with Crippen LogP contribution >= 0.6 is 0 Å². The highest BCUT2D eigenvalue weighted by atomic mass is 16.5. The lowest BCUT2D eigenvalue weighted by Gasteiger charge is -2.14. The third-order valence-electron chi connectivity index (χ3n) is 3.38. The molecule has 0 atom stereocenters. The minimum absolute atomic E-state index is 0.174. The van der Waals surface area contributed by atoms with Crippen molar-refractivity contribution < 1.29 is 19.1 Å². The number of carbonyl (C=O) groups is 3. The SMILES string of the molecule is C=CC(=O)OCCCCCCN1C(=O)C(C)=C(C)C1=O. The van der Waals surface area contributed by atoms with Crippen LogP contribution in [0.3, 0.4) is 0 Å². The van der Waals surface area contributed by atoms with E-state index >= 15 is 0 Å². The summed E-state index contributed by atoms with van der Waals surface area (Å²) < 4.78 is 4.85. The van der Waals surface area contributed by atoms with Gasteiger partial charge in [0.25, 0.3) is 11.8 Å². The van der Waals surface area contributed by atoms with Crippen molar-refractivity contribution in [3.63, 3.8) is 0 Å². The smallest absolute Gasteiger partial charge is 0.330 e. The lowest BCUT2D eigenvalue weighted by atomic mass is 10.2. The molecule has 1 aliphatic heterocycles. The highest BCUT2D eigenvalue weighted by Crippen LogP contribution is 2.20. The van der Waals surface area contributed by atoms with E-state index in [1.807, 2.05) is 0 Å². The number of esters is 1. The topological polar surface area (TPSA) is 63.7 Å². The predicted octanol–water partition coefficient (Wildman–Crippen LogP) is 1.98. The summed E-state index contributed by atoms with van der Waals surface area (Å²) in [5.74, 6) is -0.755. The molecule has 0 bridgehead atoms. The molecule has 0 N–H and O–H groups in total. The van der Waals surface area contributed by atoms with Crippen LogP contribution in [-0.2, 0) is 19.1 Å². The number of nitrogens with zero attached hydrogens (tertiary/aromatic N) is 1. The predicted molar refractivity (Wildman–Crippen MR) is 74.7 cm³/mol. The summed E-state index contributed by atoms with van der Waals surface area (Å²) in [7, 11) is 0. The first-order valence-corrected chi connectivity index (χ1v) is 6.82. The number of unbranched alkanes of at least 4 members (excludes halogenated alkanes) is 3. The fourth-order valence-corrected chi connectivity index (χ4v) is 1.98. The lowest BCUT2D eigenvalue weighted by molar-refractivity contribution is -0.139. The van der Waals surface area contributed by atoms with E-state index in [9.17, 15) is 14.4 Å². The summed E-state index contributed by atoms with van der Waals surface area (Å²) in [5, 5.41) is 0. The first-order chi connectivity index (χ1) is 9.49. The van der Waals surface area contributed by atoms with Gasteiger partial charge in [0.15, 0.2) is 0 Å². The average molecular weight is 279 g/mol. The van der Waals surface area contributed by atoms with Gasteiger partial charge in [-0.15, -0.1) is 0 Å². The van der Waals surface area contributed by atoms with Crippen molar-refractivity contribution in [2.24, 2.45) is 0 Å². The molecule has 0 fully saturated rings. The maximum absolute atomic E-state index is 11.8. The highest BCUT2D eigenvalue weighted by molar-refractivity contribution is 6.18. The number of amides is 2. The number of imide groups is 1. The minimum Gasteiger partial charge on any atom is -0.463 e. The van der Waals surface area contributed by atoms with E-state index in [-0.39, 0.29) is 11.8 Å². The second-order valence-corrected chi connectivity index (χ2v) is 4.80. The Labute approximate surface area is 119 Å². The van der Waals surface area contributed by atoms with Crippen LogP contribution in [0, 0.1) is 0 Å². The molecule has 0 aromatic rings. The van der Waals surface area contributed by atoms with Gasteiger partial charge in [-0.3, -0.25) is 14.5 Å². The molecule has 0 aliphatic carbocycles. The van der Waals surface area contributed by atoms with E-state index in [0.29, 0.717) is 24.3 Å². The Hall–Kier alpha value is -1.91. The number of hydrogen-bond donors (Lipinski definition) is 0. The molecule has 5 heteroatoms. The summed E-state index contributed by atoms with van der Waals surface area (Å²) in [6.07, 6.45) is 4.47. The average Bonchev–Trinajstić information content (AvgIpc) is 2.63. The molecule has 0 aromatic heterocycles. The quantitative estimate of drug-likeness (QED) is 0.295. The van der Waals surface area contributed by atoms with E-state index in [1.54, 1.807) is 13.8 Å². The van der Waals surface area contributed by atoms with Crippen LogP contribution in [-0.4, -0.2) is 35.8 Å². The third-order valence-corrected chi connectivity index (χ3v) is 3.38. The van der Waals surface area contributed by atoms with E-state index < -0.39 is 5.97 Å². The van der Waals surface area contributed by atoms with Gasteiger partial charge in [0.2, 0.25) is 0 Å². The van der Waals surface area contributed by atoms with Crippen molar-refractivity contribution >= 4 is 17.8 Å². The molecule has 1 aliphatic rings. The van der Waals surface area contributed by atoms with Gasteiger partial charge in [0, 0.05) is 23.8 Å². The van der Waals surface area contributed by atoms with Crippen molar-refractivity contribution in [1.82, 2.24) is 4.90 Å².